The van der Waals surface area contributed by atoms with Crippen LogP contribution in [0.5, 0.6) is 5.75 Å². The molecule has 0 unspecified atom stereocenters. The van der Waals surface area contributed by atoms with Crippen LogP contribution in [0.2, 0.25) is 5.02 Å². The van der Waals surface area contributed by atoms with Crippen LogP contribution < -0.4 is 15.4 Å². The summed E-state index contributed by atoms with van der Waals surface area (Å²) in [4.78, 5) is 34.5. The molecule has 0 bridgehead atoms. The molecule has 2 N–H and O–H groups in total. The average Bonchev–Trinajstić information content (AvgIpc) is 2.44. The van der Waals surface area contributed by atoms with E-state index in [4.69, 9.17) is 21.1 Å². The number of imide groups is 1. The highest BCUT2D eigenvalue weighted by Crippen LogP contribution is 2.25. The Labute approximate surface area is 145 Å². The second kappa shape index (κ2) is 8.54. The van der Waals surface area contributed by atoms with E-state index in [1.165, 1.54) is 0 Å². The first-order valence-electron chi connectivity index (χ1n) is 7.23. The van der Waals surface area contributed by atoms with Gasteiger partial charge >= 0.3 is 12.0 Å². The molecular weight excluding hydrogens is 336 g/mol. The number of aryl methyl sites for hydroxylation is 1. The maximum Gasteiger partial charge on any atom is 0.344 e. The van der Waals surface area contributed by atoms with Crippen molar-refractivity contribution in [3.63, 3.8) is 0 Å². The monoisotopic (exact) mass is 356 g/mol. The van der Waals surface area contributed by atoms with Crippen LogP contribution >= 0.6 is 11.6 Å². The quantitative estimate of drug-likeness (QED) is 0.789. The lowest BCUT2D eigenvalue weighted by Crippen LogP contribution is -2.49. The number of urea groups is 1. The number of amides is 3. The average molecular weight is 357 g/mol. The summed E-state index contributed by atoms with van der Waals surface area (Å²) < 4.78 is 9.97. The zero-order valence-electron chi connectivity index (χ0n) is 14.1. The third kappa shape index (κ3) is 7.82. The van der Waals surface area contributed by atoms with Gasteiger partial charge < -0.3 is 14.8 Å². The van der Waals surface area contributed by atoms with Crippen LogP contribution in [0.25, 0.3) is 0 Å². The summed E-state index contributed by atoms with van der Waals surface area (Å²) in [5, 5.41) is 4.96. The van der Waals surface area contributed by atoms with Gasteiger partial charge in [0, 0.05) is 5.54 Å². The molecule has 7 nitrogen and oxygen atoms in total. The summed E-state index contributed by atoms with van der Waals surface area (Å²) >= 11 is 5.93. The highest BCUT2D eigenvalue weighted by atomic mass is 35.5. The minimum absolute atomic E-state index is 0.350. The van der Waals surface area contributed by atoms with E-state index in [1.54, 1.807) is 39.0 Å². The number of benzene rings is 1. The number of ether oxygens (including phenoxy) is 2. The molecule has 0 aliphatic rings. The van der Waals surface area contributed by atoms with Crippen LogP contribution in [-0.4, -0.2) is 36.7 Å². The van der Waals surface area contributed by atoms with E-state index < -0.39 is 36.7 Å². The maximum atomic E-state index is 11.6. The van der Waals surface area contributed by atoms with Crippen molar-refractivity contribution in [3.05, 3.63) is 28.8 Å². The molecule has 0 heterocycles. The second-order valence-electron chi connectivity index (χ2n) is 6.14. The summed E-state index contributed by atoms with van der Waals surface area (Å²) in [6.07, 6.45) is 0. The molecule has 0 aliphatic carbocycles. The molecule has 0 saturated heterocycles. The Morgan fingerprint density at radius 1 is 1.17 bits per heavy atom. The molecular formula is C16H21ClN2O5. The van der Waals surface area contributed by atoms with Crippen LogP contribution in [0.15, 0.2) is 18.2 Å². The molecule has 1 aromatic carbocycles. The Kier molecular flexibility index (Phi) is 7.03. The van der Waals surface area contributed by atoms with E-state index in [-0.39, 0.29) is 0 Å². The fourth-order valence-corrected chi connectivity index (χ4v) is 1.75. The lowest BCUT2D eigenvalue weighted by molar-refractivity contribution is -0.150. The van der Waals surface area contributed by atoms with Gasteiger partial charge in [-0.2, -0.15) is 0 Å². The van der Waals surface area contributed by atoms with E-state index in [0.29, 0.717) is 10.8 Å². The first kappa shape index (κ1) is 19.8. The Bertz CT molecular complexity index is 625. The van der Waals surface area contributed by atoms with Gasteiger partial charge in [0.15, 0.2) is 13.2 Å². The van der Waals surface area contributed by atoms with Gasteiger partial charge in [0.2, 0.25) is 0 Å². The predicted molar refractivity (Wildman–Crippen MR) is 89.1 cm³/mol. The minimum Gasteiger partial charge on any atom is -0.480 e. The Hall–Kier alpha value is -2.28. The highest BCUT2D eigenvalue weighted by molar-refractivity contribution is 6.32. The van der Waals surface area contributed by atoms with Crippen molar-refractivity contribution >= 4 is 29.5 Å². The smallest absolute Gasteiger partial charge is 0.344 e. The normalized spacial score (nSPS) is 10.7. The van der Waals surface area contributed by atoms with Gasteiger partial charge in [0.05, 0.1) is 5.02 Å². The van der Waals surface area contributed by atoms with E-state index in [2.05, 4.69) is 10.6 Å². The number of nitrogens with one attached hydrogen (secondary N) is 2. The molecule has 0 radical (unpaired) electrons. The van der Waals surface area contributed by atoms with Gasteiger partial charge in [-0.05, 0) is 45.4 Å². The summed E-state index contributed by atoms with van der Waals surface area (Å²) in [7, 11) is 0. The van der Waals surface area contributed by atoms with Gasteiger partial charge in [0.25, 0.3) is 5.91 Å². The molecule has 24 heavy (non-hydrogen) atoms. The molecule has 0 saturated carbocycles. The highest BCUT2D eigenvalue weighted by Gasteiger charge is 2.16. The number of carbonyl (C=O) groups is 3. The van der Waals surface area contributed by atoms with Crippen LogP contribution in [0, 0.1) is 6.92 Å². The van der Waals surface area contributed by atoms with Crippen molar-refractivity contribution in [2.75, 3.05) is 13.2 Å². The Morgan fingerprint density at radius 2 is 1.83 bits per heavy atom. The lowest BCUT2D eigenvalue weighted by Gasteiger charge is -2.20. The summed E-state index contributed by atoms with van der Waals surface area (Å²) in [6, 6.07) is 4.48. The summed E-state index contributed by atoms with van der Waals surface area (Å²) in [6.45, 7) is 6.18. The number of halogens is 1. The van der Waals surface area contributed by atoms with Gasteiger partial charge in [-0.25, -0.2) is 9.59 Å². The van der Waals surface area contributed by atoms with Crippen LogP contribution in [-0.2, 0) is 14.3 Å². The van der Waals surface area contributed by atoms with Gasteiger partial charge in [-0.1, -0.05) is 17.7 Å². The topological polar surface area (TPSA) is 93.7 Å². The van der Waals surface area contributed by atoms with Crippen molar-refractivity contribution in [2.45, 2.75) is 33.2 Å². The molecule has 0 fully saturated rings. The Morgan fingerprint density at radius 3 is 2.46 bits per heavy atom. The number of hydrogen-bond donors (Lipinski definition) is 2. The van der Waals surface area contributed by atoms with Crippen LogP contribution in [0.3, 0.4) is 0 Å². The largest absolute Gasteiger partial charge is 0.480 e. The lowest BCUT2D eigenvalue weighted by atomic mass is 10.1. The number of esters is 1. The van der Waals surface area contributed by atoms with Crippen molar-refractivity contribution in [1.29, 1.82) is 0 Å². The third-order valence-corrected chi connectivity index (χ3v) is 2.85. The molecule has 8 heteroatoms. The number of rotatable bonds is 5. The van der Waals surface area contributed by atoms with Crippen LogP contribution in [0.4, 0.5) is 4.79 Å². The molecule has 0 spiro atoms. The first-order chi connectivity index (χ1) is 11.1. The molecule has 3 amide bonds. The fraction of sp³-hybridized carbons (Fsp3) is 0.438. The third-order valence-electron chi connectivity index (χ3n) is 2.54. The second-order valence-corrected chi connectivity index (χ2v) is 6.54. The van der Waals surface area contributed by atoms with Gasteiger partial charge in [-0.3, -0.25) is 10.1 Å². The molecule has 0 aromatic heterocycles. The van der Waals surface area contributed by atoms with Gasteiger partial charge in [-0.15, -0.1) is 0 Å². The molecule has 0 aliphatic heterocycles. The molecule has 0 atom stereocenters. The standard InChI is InChI=1S/C16H21ClN2O5/c1-10-5-6-11(17)12(7-10)23-9-14(21)24-8-13(20)18-15(22)19-16(2,3)4/h5-7H,8-9H2,1-4H3,(H2,18,19,20,22). The summed E-state index contributed by atoms with van der Waals surface area (Å²) in [5.74, 6) is -1.14. The van der Waals surface area contributed by atoms with Crippen molar-refractivity contribution in [2.24, 2.45) is 0 Å². The molecule has 1 rings (SSSR count). The van der Waals surface area contributed by atoms with Crippen molar-refractivity contribution < 1.29 is 23.9 Å². The SMILES string of the molecule is Cc1ccc(Cl)c(OCC(=O)OCC(=O)NC(=O)NC(C)(C)C)c1. The number of carbonyl (C=O) groups excluding carboxylic acids is 3. The number of hydrogen-bond acceptors (Lipinski definition) is 5. The fourth-order valence-electron chi connectivity index (χ4n) is 1.58. The van der Waals surface area contributed by atoms with E-state index in [1.807, 2.05) is 6.92 Å². The molecule has 1 aromatic rings. The van der Waals surface area contributed by atoms with E-state index >= 15 is 0 Å². The molecule has 132 valence electrons. The summed E-state index contributed by atoms with van der Waals surface area (Å²) in [5.41, 5.74) is 0.439. The van der Waals surface area contributed by atoms with Crippen molar-refractivity contribution in [1.82, 2.24) is 10.6 Å². The first-order valence-corrected chi connectivity index (χ1v) is 7.61. The van der Waals surface area contributed by atoms with E-state index in [0.717, 1.165) is 5.56 Å². The van der Waals surface area contributed by atoms with Gasteiger partial charge in [0.1, 0.15) is 5.75 Å². The minimum atomic E-state index is -0.751. The van der Waals surface area contributed by atoms with Crippen LogP contribution in [0.1, 0.15) is 26.3 Å². The zero-order valence-corrected chi connectivity index (χ0v) is 14.8. The Balaban J connectivity index is 2.34. The van der Waals surface area contributed by atoms with Crippen molar-refractivity contribution in [3.8, 4) is 5.75 Å². The predicted octanol–water partition coefficient (Wildman–Crippen LogP) is 2.19. The maximum absolute atomic E-state index is 11.6. The zero-order chi connectivity index (χ0) is 18.3. The van der Waals surface area contributed by atoms with E-state index in [9.17, 15) is 14.4 Å².